The van der Waals surface area contributed by atoms with E-state index in [2.05, 4.69) is 4.99 Å². The van der Waals surface area contributed by atoms with Gasteiger partial charge in [0, 0.05) is 22.2 Å². The number of halogens is 1. The maximum Gasteiger partial charge on any atom is 0.336 e. The molecule has 4 nitrogen and oxygen atoms in total. The summed E-state index contributed by atoms with van der Waals surface area (Å²) in [4.78, 5) is 16.3. The third-order valence-electron chi connectivity index (χ3n) is 4.08. The number of aliphatic imine (C=N–C) groups is 1. The van der Waals surface area contributed by atoms with Crippen molar-refractivity contribution in [2.24, 2.45) is 10.7 Å². The summed E-state index contributed by atoms with van der Waals surface area (Å²) in [5.74, 6) is 0.502. The second kappa shape index (κ2) is 7.56. The van der Waals surface area contributed by atoms with E-state index < -0.39 is 0 Å². The van der Waals surface area contributed by atoms with E-state index in [0.29, 0.717) is 21.5 Å². The molecule has 1 heterocycles. The maximum absolute atomic E-state index is 11.8. The molecule has 0 bridgehead atoms. The Morgan fingerprint density at radius 2 is 1.92 bits per heavy atom. The predicted molar refractivity (Wildman–Crippen MR) is 111 cm³/mol. The maximum atomic E-state index is 11.8. The van der Waals surface area contributed by atoms with Crippen molar-refractivity contribution in [3.63, 3.8) is 0 Å². The Morgan fingerprint density at radius 1 is 1.15 bits per heavy atom. The first-order valence-electron chi connectivity index (χ1n) is 8.10. The van der Waals surface area contributed by atoms with Crippen LogP contribution in [-0.4, -0.2) is 5.17 Å². The smallest absolute Gasteiger partial charge is 0.336 e. The minimum absolute atomic E-state index is 0.389. The van der Waals surface area contributed by atoms with Crippen LogP contribution in [0.4, 0.5) is 5.69 Å². The summed E-state index contributed by atoms with van der Waals surface area (Å²) in [6.07, 6.45) is 0. The van der Waals surface area contributed by atoms with Crippen LogP contribution in [0.5, 0.6) is 0 Å². The number of nitrogens with two attached hydrogens (primary N) is 1. The van der Waals surface area contributed by atoms with Crippen LogP contribution >= 0.6 is 23.4 Å². The molecule has 0 saturated carbocycles. The Labute approximate surface area is 161 Å². The molecule has 0 amide bonds. The molecule has 0 unspecified atom stereocenters. The van der Waals surface area contributed by atoms with Crippen molar-refractivity contribution >= 4 is 45.2 Å². The van der Waals surface area contributed by atoms with Gasteiger partial charge >= 0.3 is 5.63 Å². The van der Waals surface area contributed by atoms with E-state index in [1.807, 2.05) is 45.0 Å². The molecule has 3 rings (SSSR count). The third-order valence-corrected chi connectivity index (χ3v) is 5.33. The van der Waals surface area contributed by atoms with E-state index in [1.165, 1.54) is 17.8 Å². The van der Waals surface area contributed by atoms with Gasteiger partial charge in [0.15, 0.2) is 5.17 Å². The molecule has 0 saturated heterocycles. The van der Waals surface area contributed by atoms with Gasteiger partial charge in [0.25, 0.3) is 0 Å². The van der Waals surface area contributed by atoms with Crippen molar-refractivity contribution in [1.29, 1.82) is 0 Å². The fourth-order valence-corrected chi connectivity index (χ4v) is 3.48. The summed E-state index contributed by atoms with van der Waals surface area (Å²) in [5.41, 5.74) is 11.0. The number of aryl methyl sites for hydroxylation is 3. The van der Waals surface area contributed by atoms with Gasteiger partial charge in [0.1, 0.15) is 5.58 Å². The zero-order valence-corrected chi connectivity index (χ0v) is 16.4. The lowest BCUT2D eigenvalue weighted by molar-refractivity contribution is 0.559. The van der Waals surface area contributed by atoms with Crippen LogP contribution in [-0.2, 0) is 5.75 Å². The minimum Gasteiger partial charge on any atom is -0.423 e. The van der Waals surface area contributed by atoms with Gasteiger partial charge in [-0.15, -0.1) is 0 Å². The summed E-state index contributed by atoms with van der Waals surface area (Å²) in [5, 5.41) is 1.89. The Morgan fingerprint density at radius 3 is 2.69 bits per heavy atom. The van der Waals surface area contributed by atoms with Crippen LogP contribution in [0.15, 0.2) is 50.6 Å². The Bertz CT molecular complexity index is 1070. The lowest BCUT2D eigenvalue weighted by atomic mass is 10.1. The lowest BCUT2D eigenvalue weighted by Gasteiger charge is -2.08. The zero-order chi connectivity index (χ0) is 18.8. The van der Waals surface area contributed by atoms with Gasteiger partial charge in [-0.25, -0.2) is 9.79 Å². The Kier molecular flexibility index (Phi) is 5.39. The van der Waals surface area contributed by atoms with Gasteiger partial charge in [0.2, 0.25) is 0 Å². The monoisotopic (exact) mass is 386 g/mol. The van der Waals surface area contributed by atoms with Crippen molar-refractivity contribution in [2.75, 3.05) is 0 Å². The first-order valence-corrected chi connectivity index (χ1v) is 9.47. The molecular weight excluding hydrogens is 368 g/mol. The molecular formula is C20H19ClN2O2S. The third kappa shape index (κ3) is 4.11. The molecule has 0 aliphatic rings. The first-order chi connectivity index (χ1) is 12.3. The summed E-state index contributed by atoms with van der Waals surface area (Å²) >= 11 is 7.60. The summed E-state index contributed by atoms with van der Waals surface area (Å²) in [6.45, 7) is 5.89. The van der Waals surface area contributed by atoms with Crippen molar-refractivity contribution in [3.05, 3.63) is 74.1 Å². The molecule has 26 heavy (non-hydrogen) atoms. The van der Waals surface area contributed by atoms with Crippen molar-refractivity contribution in [1.82, 2.24) is 0 Å². The van der Waals surface area contributed by atoms with E-state index in [9.17, 15) is 4.79 Å². The van der Waals surface area contributed by atoms with Crippen LogP contribution in [0, 0.1) is 20.8 Å². The predicted octanol–water partition coefficient (Wildman–Crippen LogP) is 5.25. The molecule has 0 spiro atoms. The number of hydrogen-bond donors (Lipinski definition) is 1. The van der Waals surface area contributed by atoms with E-state index in [0.717, 1.165) is 33.3 Å². The van der Waals surface area contributed by atoms with Crippen molar-refractivity contribution in [2.45, 2.75) is 26.5 Å². The second-order valence-corrected chi connectivity index (χ2v) is 7.62. The van der Waals surface area contributed by atoms with E-state index >= 15 is 0 Å². The van der Waals surface area contributed by atoms with Crippen LogP contribution in [0.2, 0.25) is 5.02 Å². The summed E-state index contributed by atoms with van der Waals surface area (Å²) < 4.78 is 5.28. The topological polar surface area (TPSA) is 68.6 Å². The van der Waals surface area contributed by atoms with Crippen LogP contribution in [0.25, 0.3) is 11.0 Å². The Balaban J connectivity index is 1.89. The van der Waals surface area contributed by atoms with E-state index in [-0.39, 0.29) is 5.63 Å². The quantitative estimate of drug-likeness (QED) is 0.379. The zero-order valence-electron chi connectivity index (χ0n) is 14.8. The van der Waals surface area contributed by atoms with Gasteiger partial charge in [-0.2, -0.15) is 0 Å². The van der Waals surface area contributed by atoms with Crippen LogP contribution < -0.4 is 11.4 Å². The molecule has 0 aliphatic heterocycles. The van der Waals surface area contributed by atoms with E-state index in [4.69, 9.17) is 21.8 Å². The van der Waals surface area contributed by atoms with Gasteiger partial charge in [-0.3, -0.25) is 0 Å². The molecule has 6 heteroatoms. The average Bonchev–Trinajstić information content (AvgIpc) is 2.57. The van der Waals surface area contributed by atoms with Gasteiger partial charge in [0.05, 0.1) is 5.69 Å². The molecule has 3 aromatic rings. The molecule has 1 aromatic heterocycles. The van der Waals surface area contributed by atoms with Crippen LogP contribution in [0.3, 0.4) is 0 Å². The number of nitrogens with zero attached hydrogens (tertiary/aromatic N) is 1. The van der Waals surface area contributed by atoms with Crippen LogP contribution in [0.1, 0.15) is 22.3 Å². The molecule has 0 fully saturated rings. The Hall–Kier alpha value is -2.24. The van der Waals surface area contributed by atoms with Crippen molar-refractivity contribution in [3.8, 4) is 0 Å². The fraction of sp³-hybridized carbons (Fsp3) is 0.200. The second-order valence-electron chi connectivity index (χ2n) is 6.22. The largest absolute Gasteiger partial charge is 0.423 e. The number of rotatable bonds is 3. The van der Waals surface area contributed by atoms with Crippen molar-refractivity contribution < 1.29 is 4.42 Å². The lowest BCUT2D eigenvalue weighted by Crippen LogP contribution is -2.07. The molecule has 0 aliphatic carbocycles. The molecule has 134 valence electrons. The highest BCUT2D eigenvalue weighted by Gasteiger charge is 2.10. The van der Waals surface area contributed by atoms with Gasteiger partial charge < -0.3 is 10.2 Å². The molecule has 2 aromatic carbocycles. The highest BCUT2D eigenvalue weighted by atomic mass is 35.5. The fourth-order valence-electron chi connectivity index (χ4n) is 2.61. The highest BCUT2D eigenvalue weighted by molar-refractivity contribution is 8.13. The highest BCUT2D eigenvalue weighted by Crippen LogP contribution is 2.28. The number of hydrogen-bond acceptors (Lipinski definition) is 4. The number of benzene rings is 2. The first kappa shape index (κ1) is 18.5. The van der Waals surface area contributed by atoms with Gasteiger partial charge in [-0.05, 0) is 61.2 Å². The number of fused-ring (bicyclic) bond motifs is 1. The molecule has 0 atom stereocenters. The number of thioether (sulfide) groups is 1. The SMILES string of the molecule is Cc1ccc(C)c(N=C(N)SCc2cc(=O)oc3cc(C)c(Cl)cc23)c1. The normalized spacial score (nSPS) is 11.9. The standard InChI is InChI=1S/C20H19ClN2O2S/c1-11-4-5-12(2)17(6-11)23-20(22)26-10-14-8-19(24)25-18-7-13(3)16(21)9-15(14)18/h4-9H,10H2,1-3H3,(H2,22,23). The molecule has 0 radical (unpaired) electrons. The molecule has 2 N–H and O–H groups in total. The van der Waals surface area contributed by atoms with E-state index in [1.54, 1.807) is 6.07 Å². The average molecular weight is 387 g/mol. The summed E-state index contributed by atoms with van der Waals surface area (Å²) in [7, 11) is 0. The summed E-state index contributed by atoms with van der Waals surface area (Å²) in [6, 6.07) is 11.1. The number of amidine groups is 1. The van der Waals surface area contributed by atoms with Gasteiger partial charge in [-0.1, -0.05) is 35.5 Å². The minimum atomic E-state index is -0.389.